The van der Waals surface area contributed by atoms with E-state index in [1.807, 2.05) is 26.0 Å². The van der Waals surface area contributed by atoms with Crippen molar-refractivity contribution in [2.24, 2.45) is 0 Å². The van der Waals surface area contributed by atoms with Crippen LogP contribution in [0.2, 0.25) is 0 Å². The molecule has 1 atom stereocenters. The zero-order valence-electron chi connectivity index (χ0n) is 14.5. The molecule has 7 heteroatoms. The number of aromatic nitrogens is 1. The van der Waals surface area contributed by atoms with E-state index in [4.69, 9.17) is 9.26 Å². The van der Waals surface area contributed by atoms with Crippen molar-refractivity contribution in [1.29, 1.82) is 0 Å². The van der Waals surface area contributed by atoms with Gasteiger partial charge in [0.25, 0.3) is 0 Å². The second-order valence-corrected chi connectivity index (χ2v) is 6.26. The summed E-state index contributed by atoms with van der Waals surface area (Å²) in [6.07, 6.45) is -0.234. The van der Waals surface area contributed by atoms with E-state index in [0.717, 1.165) is 11.3 Å². The van der Waals surface area contributed by atoms with Crippen LogP contribution in [-0.4, -0.2) is 23.8 Å². The summed E-state index contributed by atoms with van der Waals surface area (Å²) < 4.78 is 10.3. The topological polar surface area (TPSA) is 93.5 Å². The summed E-state index contributed by atoms with van der Waals surface area (Å²) >= 11 is 0. The first-order valence-corrected chi connectivity index (χ1v) is 8.32. The Morgan fingerprint density at radius 2 is 2.24 bits per heavy atom. The molecule has 0 aliphatic carbocycles. The van der Waals surface area contributed by atoms with E-state index in [2.05, 4.69) is 15.8 Å². The Morgan fingerprint density at radius 1 is 1.44 bits per heavy atom. The van der Waals surface area contributed by atoms with Gasteiger partial charge in [-0.3, -0.25) is 10.1 Å². The normalized spacial score (nSPS) is 16.3. The van der Waals surface area contributed by atoms with E-state index in [1.54, 1.807) is 19.1 Å². The van der Waals surface area contributed by atoms with Crippen molar-refractivity contribution in [2.75, 3.05) is 17.2 Å². The van der Waals surface area contributed by atoms with Gasteiger partial charge in [0.15, 0.2) is 0 Å². The molecule has 25 heavy (non-hydrogen) atoms. The molecule has 2 amide bonds. The van der Waals surface area contributed by atoms with Crippen LogP contribution in [0.4, 0.5) is 16.2 Å². The quantitative estimate of drug-likeness (QED) is 0.879. The van der Waals surface area contributed by atoms with Crippen LogP contribution in [0, 0.1) is 0 Å². The van der Waals surface area contributed by atoms with E-state index < -0.39 is 6.09 Å². The standard InChI is InChI=1S/C18H21N3O4/c1-4-24-18(23)19-11-5-6-12-13(8-17(22)20-15(12)7-11)16-9-14(10(2)3)21-25-16/h5-7,9-10,13H,4,8H2,1-3H3,(H,19,23)(H,20,22)/t13-/m1/s1. The number of benzene rings is 1. The molecule has 7 nitrogen and oxygen atoms in total. The van der Waals surface area contributed by atoms with Crippen LogP contribution in [0.25, 0.3) is 0 Å². The molecule has 0 bridgehead atoms. The summed E-state index contributed by atoms with van der Waals surface area (Å²) in [5.74, 6) is 0.630. The monoisotopic (exact) mass is 343 g/mol. The first-order valence-electron chi connectivity index (χ1n) is 8.32. The van der Waals surface area contributed by atoms with Gasteiger partial charge in [0.05, 0.1) is 18.2 Å². The fraction of sp³-hybridized carbons (Fsp3) is 0.389. The minimum absolute atomic E-state index is 0.103. The van der Waals surface area contributed by atoms with Crippen LogP contribution in [0.3, 0.4) is 0 Å². The molecular weight excluding hydrogens is 322 g/mol. The number of nitrogens with one attached hydrogen (secondary N) is 2. The van der Waals surface area contributed by atoms with Crippen molar-refractivity contribution in [3.05, 3.63) is 41.3 Å². The molecule has 0 saturated carbocycles. The van der Waals surface area contributed by atoms with Crippen LogP contribution in [0.5, 0.6) is 0 Å². The third kappa shape index (κ3) is 3.65. The molecular formula is C18H21N3O4. The predicted octanol–water partition coefficient (Wildman–Crippen LogP) is 3.84. The summed E-state index contributed by atoms with van der Waals surface area (Å²) in [6.45, 7) is 6.10. The number of fused-ring (bicyclic) bond motifs is 1. The number of rotatable bonds is 4. The molecule has 0 radical (unpaired) electrons. The Morgan fingerprint density at radius 3 is 2.92 bits per heavy atom. The summed E-state index contributed by atoms with van der Waals surface area (Å²) in [5.41, 5.74) is 3.00. The Balaban J connectivity index is 1.89. The van der Waals surface area contributed by atoms with Gasteiger partial charge in [-0.1, -0.05) is 25.1 Å². The second-order valence-electron chi connectivity index (χ2n) is 6.26. The van der Waals surface area contributed by atoms with Gasteiger partial charge in [0.1, 0.15) is 5.76 Å². The zero-order valence-corrected chi connectivity index (χ0v) is 14.5. The summed E-state index contributed by atoms with van der Waals surface area (Å²) in [5, 5.41) is 9.56. The van der Waals surface area contributed by atoms with E-state index in [1.165, 1.54) is 0 Å². The molecule has 3 rings (SSSR count). The van der Waals surface area contributed by atoms with Crippen LogP contribution in [0.1, 0.15) is 56.0 Å². The van der Waals surface area contributed by atoms with Crippen molar-refractivity contribution in [2.45, 2.75) is 39.0 Å². The highest BCUT2D eigenvalue weighted by Gasteiger charge is 2.30. The van der Waals surface area contributed by atoms with Gasteiger partial charge in [-0.25, -0.2) is 4.79 Å². The lowest BCUT2D eigenvalue weighted by atomic mass is 9.88. The molecule has 0 spiro atoms. The lowest BCUT2D eigenvalue weighted by molar-refractivity contribution is -0.116. The average Bonchev–Trinajstić information content (AvgIpc) is 3.04. The maximum absolute atomic E-state index is 12.1. The van der Waals surface area contributed by atoms with Gasteiger partial charge < -0.3 is 14.6 Å². The molecule has 1 aliphatic rings. The maximum atomic E-state index is 12.1. The Kier molecular flexibility index (Phi) is 4.74. The number of hydrogen-bond acceptors (Lipinski definition) is 5. The largest absolute Gasteiger partial charge is 0.450 e. The summed E-state index contributed by atoms with van der Waals surface area (Å²) in [4.78, 5) is 23.7. The number of amides is 2. The lowest BCUT2D eigenvalue weighted by Gasteiger charge is -2.24. The highest BCUT2D eigenvalue weighted by Crippen LogP contribution is 2.39. The fourth-order valence-electron chi connectivity index (χ4n) is 2.82. The maximum Gasteiger partial charge on any atom is 0.411 e. The van der Waals surface area contributed by atoms with Gasteiger partial charge in [-0.15, -0.1) is 0 Å². The highest BCUT2D eigenvalue weighted by atomic mass is 16.5. The fourth-order valence-corrected chi connectivity index (χ4v) is 2.82. The molecule has 132 valence electrons. The molecule has 1 aliphatic heterocycles. The molecule has 0 saturated heterocycles. The first-order chi connectivity index (χ1) is 12.0. The zero-order chi connectivity index (χ0) is 18.0. The molecule has 0 fully saturated rings. The van der Waals surface area contributed by atoms with Crippen molar-refractivity contribution in [1.82, 2.24) is 5.16 Å². The summed E-state index contributed by atoms with van der Waals surface area (Å²) in [7, 11) is 0. The Labute approximate surface area is 145 Å². The highest BCUT2D eigenvalue weighted by molar-refractivity contribution is 5.96. The third-order valence-electron chi connectivity index (χ3n) is 4.10. The van der Waals surface area contributed by atoms with Gasteiger partial charge in [-0.2, -0.15) is 0 Å². The van der Waals surface area contributed by atoms with E-state index in [0.29, 0.717) is 30.2 Å². The molecule has 2 heterocycles. The van der Waals surface area contributed by atoms with Crippen molar-refractivity contribution < 1.29 is 18.8 Å². The van der Waals surface area contributed by atoms with E-state index >= 15 is 0 Å². The predicted molar refractivity (Wildman–Crippen MR) is 92.8 cm³/mol. The van der Waals surface area contributed by atoms with E-state index in [9.17, 15) is 9.59 Å². The van der Waals surface area contributed by atoms with Crippen LogP contribution >= 0.6 is 0 Å². The molecule has 2 aromatic rings. The molecule has 0 unspecified atom stereocenters. The van der Waals surface area contributed by atoms with Crippen LogP contribution in [0.15, 0.2) is 28.8 Å². The van der Waals surface area contributed by atoms with Crippen molar-refractivity contribution in [3.63, 3.8) is 0 Å². The minimum Gasteiger partial charge on any atom is -0.450 e. The molecule has 1 aromatic heterocycles. The van der Waals surface area contributed by atoms with Crippen molar-refractivity contribution in [3.8, 4) is 0 Å². The first kappa shape index (κ1) is 17.0. The number of carbonyl (C=O) groups is 2. The van der Waals surface area contributed by atoms with Gasteiger partial charge in [0.2, 0.25) is 5.91 Å². The SMILES string of the molecule is CCOC(=O)Nc1ccc2c(c1)NC(=O)C[C@H]2c1cc(C(C)C)no1. The number of hydrogen-bond donors (Lipinski definition) is 2. The summed E-state index contributed by atoms with van der Waals surface area (Å²) in [6, 6.07) is 7.27. The van der Waals surface area contributed by atoms with Crippen LogP contribution < -0.4 is 10.6 Å². The minimum atomic E-state index is -0.530. The number of nitrogens with zero attached hydrogens (tertiary/aromatic N) is 1. The number of ether oxygens (including phenoxy) is 1. The van der Waals surface area contributed by atoms with Gasteiger partial charge >= 0.3 is 6.09 Å². The van der Waals surface area contributed by atoms with Crippen LogP contribution in [-0.2, 0) is 9.53 Å². The Bertz CT molecular complexity index is 797. The number of carbonyl (C=O) groups excluding carboxylic acids is 2. The number of anilines is 2. The smallest absolute Gasteiger partial charge is 0.411 e. The van der Waals surface area contributed by atoms with Crippen molar-refractivity contribution >= 4 is 23.4 Å². The third-order valence-corrected chi connectivity index (χ3v) is 4.10. The second kappa shape index (κ2) is 6.96. The lowest BCUT2D eigenvalue weighted by Crippen LogP contribution is -2.23. The van der Waals surface area contributed by atoms with Gasteiger partial charge in [0, 0.05) is 23.9 Å². The average molecular weight is 343 g/mol. The Hall–Kier alpha value is -2.83. The molecule has 2 N–H and O–H groups in total. The van der Waals surface area contributed by atoms with Gasteiger partial charge in [-0.05, 0) is 30.5 Å². The van der Waals surface area contributed by atoms with E-state index in [-0.39, 0.29) is 17.7 Å². The molecule has 1 aromatic carbocycles.